The maximum absolute atomic E-state index is 12.9. The molecular formula is C27H32N6O5S. The summed E-state index contributed by atoms with van der Waals surface area (Å²) in [6, 6.07) is 14.8. The van der Waals surface area contributed by atoms with Crippen LogP contribution in [-0.2, 0) is 21.1 Å². The van der Waals surface area contributed by atoms with E-state index in [2.05, 4.69) is 25.4 Å². The summed E-state index contributed by atoms with van der Waals surface area (Å²) in [7, 11) is -1.54. The third-order valence-corrected chi connectivity index (χ3v) is 8.86. The van der Waals surface area contributed by atoms with Gasteiger partial charge in [-0.15, -0.1) is 0 Å². The predicted octanol–water partition coefficient (Wildman–Crippen LogP) is 2.90. The summed E-state index contributed by atoms with van der Waals surface area (Å²) in [5, 5.41) is 10.3. The molecule has 1 aromatic heterocycles. The Bertz CT molecular complexity index is 1420. The van der Waals surface area contributed by atoms with Gasteiger partial charge in [0.25, 0.3) is 5.91 Å². The summed E-state index contributed by atoms with van der Waals surface area (Å²) in [6.07, 6.45) is 1.27. The van der Waals surface area contributed by atoms with E-state index in [1.54, 1.807) is 11.0 Å². The molecule has 5 rings (SSSR count). The maximum atomic E-state index is 12.9. The molecule has 11 nitrogen and oxygen atoms in total. The van der Waals surface area contributed by atoms with Crippen LogP contribution in [0.4, 0.5) is 10.5 Å². The number of methoxy groups -OCH3 is 1. The van der Waals surface area contributed by atoms with Crippen molar-refractivity contribution in [2.24, 2.45) is 0 Å². The highest BCUT2D eigenvalue weighted by Crippen LogP contribution is 2.27. The number of nitrogens with zero attached hydrogens (tertiary/aromatic N) is 4. The number of piperidine rings is 1. The number of aromatic amines is 1. The molecule has 2 aliphatic rings. The quantitative estimate of drug-likeness (QED) is 0.476. The van der Waals surface area contributed by atoms with Gasteiger partial charge in [0.1, 0.15) is 5.82 Å². The summed E-state index contributed by atoms with van der Waals surface area (Å²) in [4.78, 5) is 33.1. The molecule has 2 fully saturated rings. The largest absolute Gasteiger partial charge is 0.453 e. The Kier molecular flexibility index (Phi) is 7.94. The molecule has 2 aromatic carbocycles. The average Bonchev–Trinajstić information content (AvgIpc) is 3.45. The van der Waals surface area contributed by atoms with Crippen molar-refractivity contribution in [1.82, 2.24) is 25.0 Å². The fourth-order valence-electron chi connectivity index (χ4n) is 4.93. The minimum atomic E-state index is -2.93. The van der Waals surface area contributed by atoms with Crippen LogP contribution >= 0.6 is 0 Å². The van der Waals surface area contributed by atoms with Crippen LogP contribution in [0, 0.1) is 0 Å². The van der Waals surface area contributed by atoms with E-state index >= 15 is 0 Å². The Morgan fingerprint density at radius 2 is 1.77 bits per heavy atom. The van der Waals surface area contributed by atoms with E-state index in [4.69, 9.17) is 4.74 Å². The highest BCUT2D eigenvalue weighted by atomic mass is 32.2. The Morgan fingerprint density at radius 3 is 2.46 bits per heavy atom. The van der Waals surface area contributed by atoms with E-state index < -0.39 is 9.84 Å². The van der Waals surface area contributed by atoms with Crippen molar-refractivity contribution in [3.63, 3.8) is 0 Å². The minimum absolute atomic E-state index is 0.175. The van der Waals surface area contributed by atoms with Gasteiger partial charge in [-0.25, -0.2) is 18.2 Å². The molecule has 0 radical (unpaired) electrons. The van der Waals surface area contributed by atoms with E-state index in [1.807, 2.05) is 42.5 Å². The summed E-state index contributed by atoms with van der Waals surface area (Å²) in [5.41, 5.74) is 2.99. The van der Waals surface area contributed by atoms with Crippen LogP contribution in [-0.4, -0.2) is 90.2 Å². The number of nitrogens with one attached hydrogen (secondary N) is 2. The molecule has 2 amide bonds. The monoisotopic (exact) mass is 552 g/mol. The van der Waals surface area contributed by atoms with Crippen LogP contribution in [0.2, 0.25) is 0 Å². The van der Waals surface area contributed by atoms with E-state index in [-0.39, 0.29) is 29.4 Å². The lowest BCUT2D eigenvalue weighted by molar-refractivity contribution is 0.102. The molecule has 0 atom stereocenters. The first-order chi connectivity index (χ1) is 18.8. The first-order valence-electron chi connectivity index (χ1n) is 13.0. The molecule has 3 heterocycles. The van der Waals surface area contributed by atoms with E-state index in [1.165, 1.54) is 7.11 Å². The van der Waals surface area contributed by atoms with Crippen LogP contribution in [0.1, 0.15) is 40.5 Å². The number of anilines is 1. The zero-order chi connectivity index (χ0) is 27.4. The Morgan fingerprint density at radius 1 is 1.05 bits per heavy atom. The molecule has 2 N–H and O–H groups in total. The number of hydrogen-bond acceptors (Lipinski definition) is 8. The first-order valence-corrected chi connectivity index (χ1v) is 14.8. The van der Waals surface area contributed by atoms with Crippen molar-refractivity contribution in [3.05, 3.63) is 65.5 Å². The number of aromatic nitrogens is 3. The fourth-order valence-corrected chi connectivity index (χ4v) is 6.21. The van der Waals surface area contributed by atoms with Crippen LogP contribution < -0.4 is 5.32 Å². The number of likely N-dealkylation sites (tertiary alicyclic amines) is 1. The van der Waals surface area contributed by atoms with E-state index in [9.17, 15) is 18.0 Å². The lowest BCUT2D eigenvalue weighted by Crippen LogP contribution is -2.39. The number of hydrogen-bond donors (Lipinski definition) is 2. The Hall–Kier alpha value is -3.77. The van der Waals surface area contributed by atoms with Crippen LogP contribution in [0.3, 0.4) is 0 Å². The molecule has 0 bridgehead atoms. The number of H-pyrrole nitrogens is 1. The van der Waals surface area contributed by atoms with Gasteiger partial charge in [-0.1, -0.05) is 12.1 Å². The van der Waals surface area contributed by atoms with E-state index in [0.29, 0.717) is 49.8 Å². The molecule has 0 spiro atoms. The van der Waals surface area contributed by atoms with Crippen LogP contribution in [0.15, 0.2) is 48.5 Å². The first kappa shape index (κ1) is 26.8. The van der Waals surface area contributed by atoms with Gasteiger partial charge in [-0.2, -0.15) is 5.10 Å². The average molecular weight is 553 g/mol. The second-order valence-corrected chi connectivity index (χ2v) is 12.2. The highest BCUT2D eigenvalue weighted by Gasteiger charge is 2.26. The topological polar surface area (TPSA) is 138 Å². The molecule has 12 heteroatoms. The fraction of sp³-hybridized carbons (Fsp3) is 0.407. The van der Waals surface area contributed by atoms with Crippen molar-refractivity contribution in [1.29, 1.82) is 0 Å². The third kappa shape index (κ3) is 6.63. The van der Waals surface area contributed by atoms with Gasteiger partial charge in [0.2, 0.25) is 0 Å². The molecule has 39 heavy (non-hydrogen) atoms. The standard InChI is InChI=1S/C27H32N6O5S/c1-38-27(35)33-11-9-21(10-12-33)25-29-24(30-31-25)20-5-7-23(8-6-20)28-26(34)22-4-2-3-19(17-22)18-32-13-15-39(36,37)16-14-32/h2-8,17,21H,9-16,18H2,1H3,(H,28,34)(H,29,30,31). The molecule has 0 aliphatic carbocycles. The minimum Gasteiger partial charge on any atom is -0.453 e. The van der Waals surface area contributed by atoms with Crippen molar-refractivity contribution in [2.45, 2.75) is 25.3 Å². The summed E-state index contributed by atoms with van der Waals surface area (Å²) in [6.45, 7) is 2.85. The predicted molar refractivity (Wildman–Crippen MR) is 146 cm³/mol. The van der Waals surface area contributed by atoms with Crippen LogP contribution in [0.25, 0.3) is 11.4 Å². The van der Waals surface area contributed by atoms with Crippen LogP contribution in [0.5, 0.6) is 0 Å². The SMILES string of the molecule is COC(=O)N1CCC(c2nc(-c3ccc(NC(=O)c4cccc(CN5CCS(=O)(=O)CC5)c4)cc3)n[nH]2)CC1. The van der Waals surface area contributed by atoms with Gasteiger partial charge in [-0.05, 0) is 54.8 Å². The lowest BCUT2D eigenvalue weighted by Gasteiger charge is -2.29. The molecule has 0 unspecified atom stereocenters. The number of carbonyl (C=O) groups is 2. The number of ether oxygens (including phenoxy) is 1. The summed E-state index contributed by atoms with van der Waals surface area (Å²) in [5.74, 6) is 1.71. The zero-order valence-electron chi connectivity index (χ0n) is 21.8. The third-order valence-electron chi connectivity index (χ3n) is 7.25. The number of benzene rings is 2. The van der Waals surface area contributed by atoms with Gasteiger partial charge in [0.15, 0.2) is 15.7 Å². The van der Waals surface area contributed by atoms with Gasteiger partial charge in [0.05, 0.1) is 18.6 Å². The molecular weight excluding hydrogens is 520 g/mol. The number of sulfone groups is 1. The van der Waals surface area contributed by atoms with Crippen molar-refractivity contribution in [3.8, 4) is 11.4 Å². The van der Waals surface area contributed by atoms with Gasteiger partial charge in [-0.3, -0.25) is 14.8 Å². The highest BCUT2D eigenvalue weighted by molar-refractivity contribution is 7.91. The maximum Gasteiger partial charge on any atom is 0.409 e. The van der Waals surface area contributed by atoms with Gasteiger partial charge >= 0.3 is 6.09 Å². The second-order valence-electron chi connectivity index (χ2n) is 9.94. The molecule has 0 saturated carbocycles. The zero-order valence-corrected chi connectivity index (χ0v) is 22.6. The summed E-state index contributed by atoms with van der Waals surface area (Å²) >= 11 is 0. The van der Waals surface area contributed by atoms with Crippen molar-refractivity contribution < 1.29 is 22.7 Å². The van der Waals surface area contributed by atoms with Crippen molar-refractivity contribution >= 4 is 27.5 Å². The van der Waals surface area contributed by atoms with E-state index in [0.717, 1.165) is 29.8 Å². The Labute approximate surface area is 227 Å². The summed E-state index contributed by atoms with van der Waals surface area (Å²) < 4.78 is 28.1. The number of rotatable bonds is 6. The smallest absolute Gasteiger partial charge is 0.409 e. The van der Waals surface area contributed by atoms with Crippen molar-refractivity contribution in [2.75, 3.05) is 50.1 Å². The van der Waals surface area contributed by atoms with Gasteiger partial charge in [0, 0.05) is 55.5 Å². The number of carbonyl (C=O) groups excluding carboxylic acids is 2. The molecule has 2 saturated heterocycles. The Balaban J connectivity index is 1.16. The molecule has 206 valence electrons. The number of amides is 2. The van der Waals surface area contributed by atoms with Gasteiger partial charge < -0.3 is 15.0 Å². The lowest BCUT2D eigenvalue weighted by atomic mass is 9.96. The normalized spacial score (nSPS) is 18.0. The molecule has 3 aromatic rings. The second kappa shape index (κ2) is 11.5. The molecule has 2 aliphatic heterocycles.